The van der Waals surface area contributed by atoms with Crippen LogP contribution in [0.1, 0.15) is 49.7 Å². The minimum absolute atomic E-state index is 0.0356. The lowest BCUT2D eigenvalue weighted by atomic mass is 10.00. The fraction of sp³-hybridized carbons (Fsp3) is 0.429. The minimum atomic E-state index is 0.0356. The summed E-state index contributed by atoms with van der Waals surface area (Å²) in [5.74, 6) is 0.393. The van der Waals surface area contributed by atoms with Crippen molar-refractivity contribution in [3.05, 3.63) is 35.3 Å². The van der Waals surface area contributed by atoms with Gasteiger partial charge in [0.25, 0.3) is 0 Å². The molecule has 0 saturated heterocycles. The Morgan fingerprint density at radius 2 is 2.00 bits per heavy atom. The Kier molecular flexibility index (Phi) is 3.39. The molecule has 4 heteroatoms. The van der Waals surface area contributed by atoms with Crippen LogP contribution in [0.3, 0.4) is 0 Å². The molecular weight excluding hydrogens is 242 g/mol. The summed E-state index contributed by atoms with van der Waals surface area (Å²) in [6.45, 7) is 8.42. The zero-order valence-electron chi connectivity index (χ0n) is 11.3. The molecule has 96 valence electrons. The van der Waals surface area contributed by atoms with Gasteiger partial charge < -0.3 is 10.1 Å². The molecule has 0 saturated carbocycles. The molecule has 2 rings (SSSR count). The van der Waals surface area contributed by atoms with E-state index in [1.165, 1.54) is 0 Å². The second-order valence-electron chi connectivity index (χ2n) is 5.02. The normalized spacial score (nSPS) is 13.2. The first-order chi connectivity index (χ1) is 8.43. The number of nitrogens with two attached hydrogens (primary N) is 1. The van der Waals surface area contributed by atoms with Crippen LogP contribution in [-0.2, 0) is 0 Å². The quantitative estimate of drug-likeness (QED) is 0.863. The minimum Gasteiger partial charge on any atom is -0.393 e. The van der Waals surface area contributed by atoms with Gasteiger partial charge in [-0.05, 0) is 25.0 Å². The zero-order valence-corrected chi connectivity index (χ0v) is 12.1. The first kappa shape index (κ1) is 13.0. The van der Waals surface area contributed by atoms with E-state index >= 15 is 0 Å². The average molecular weight is 261 g/mol. The number of pyridine rings is 1. The number of hydrogen-bond acceptors (Lipinski definition) is 2. The van der Waals surface area contributed by atoms with Crippen molar-refractivity contribution >= 4 is 22.9 Å². The van der Waals surface area contributed by atoms with E-state index in [2.05, 4.69) is 31.2 Å². The highest BCUT2D eigenvalue weighted by Gasteiger charge is 2.22. The molecule has 0 amide bonds. The third-order valence-corrected chi connectivity index (χ3v) is 3.64. The Morgan fingerprint density at radius 3 is 2.56 bits per heavy atom. The van der Waals surface area contributed by atoms with E-state index in [1.807, 2.05) is 19.1 Å². The maximum Gasteiger partial charge on any atom is 0.137 e. The van der Waals surface area contributed by atoms with Crippen molar-refractivity contribution in [1.82, 2.24) is 9.38 Å². The molecule has 2 aromatic heterocycles. The number of aromatic nitrogens is 2. The number of thiocarbonyl (C=S) groups is 1. The molecule has 0 aromatic carbocycles. The van der Waals surface area contributed by atoms with Gasteiger partial charge in [0.1, 0.15) is 5.65 Å². The maximum absolute atomic E-state index is 5.83. The van der Waals surface area contributed by atoms with Crippen molar-refractivity contribution in [2.45, 2.75) is 39.5 Å². The first-order valence-corrected chi connectivity index (χ1v) is 6.61. The summed E-state index contributed by atoms with van der Waals surface area (Å²) in [7, 11) is 0. The Balaban J connectivity index is 2.81. The third kappa shape index (κ3) is 2.01. The lowest BCUT2D eigenvalue weighted by Crippen LogP contribution is -2.19. The average Bonchev–Trinajstić information content (AvgIpc) is 2.68. The fourth-order valence-electron chi connectivity index (χ4n) is 2.27. The van der Waals surface area contributed by atoms with Crippen LogP contribution in [0, 0.1) is 6.92 Å². The van der Waals surface area contributed by atoms with E-state index in [4.69, 9.17) is 22.9 Å². The van der Waals surface area contributed by atoms with Crippen molar-refractivity contribution < 1.29 is 0 Å². The number of rotatable bonds is 3. The van der Waals surface area contributed by atoms with Crippen LogP contribution < -0.4 is 5.73 Å². The van der Waals surface area contributed by atoms with Gasteiger partial charge in [-0.15, -0.1) is 0 Å². The number of fused-ring (bicyclic) bond motifs is 1. The molecule has 0 fully saturated rings. The number of hydrogen-bond donors (Lipinski definition) is 1. The first-order valence-electron chi connectivity index (χ1n) is 6.20. The summed E-state index contributed by atoms with van der Waals surface area (Å²) < 4.78 is 2.17. The molecule has 0 aliphatic heterocycles. The van der Waals surface area contributed by atoms with Crippen molar-refractivity contribution in [2.24, 2.45) is 5.73 Å². The molecule has 3 nitrogen and oxygen atoms in total. The Hall–Kier alpha value is -1.42. The molecule has 0 bridgehead atoms. The summed E-state index contributed by atoms with van der Waals surface area (Å²) >= 11 is 5.16. The van der Waals surface area contributed by atoms with Crippen LogP contribution in [0.5, 0.6) is 0 Å². The van der Waals surface area contributed by atoms with E-state index in [9.17, 15) is 0 Å². The Bertz CT molecular complexity index is 598. The predicted octanol–water partition coefficient (Wildman–Crippen LogP) is 3.16. The predicted molar refractivity (Wildman–Crippen MR) is 79.2 cm³/mol. The molecule has 0 aliphatic rings. The largest absolute Gasteiger partial charge is 0.393 e. The maximum atomic E-state index is 5.83. The van der Waals surface area contributed by atoms with Crippen molar-refractivity contribution in [3.63, 3.8) is 0 Å². The van der Waals surface area contributed by atoms with E-state index in [0.717, 1.165) is 22.7 Å². The topological polar surface area (TPSA) is 43.3 Å². The summed E-state index contributed by atoms with van der Waals surface area (Å²) in [6, 6.07) is 6.13. The molecule has 0 spiro atoms. The number of aryl methyl sites for hydroxylation is 1. The summed E-state index contributed by atoms with van der Waals surface area (Å²) in [4.78, 5) is 5.24. The van der Waals surface area contributed by atoms with Gasteiger partial charge in [-0.2, -0.15) is 0 Å². The second-order valence-corrected chi connectivity index (χ2v) is 5.49. The van der Waals surface area contributed by atoms with Gasteiger partial charge in [-0.1, -0.05) is 39.1 Å². The van der Waals surface area contributed by atoms with Gasteiger partial charge in [-0.25, -0.2) is 4.98 Å². The monoisotopic (exact) mass is 261 g/mol. The molecule has 2 heterocycles. The highest BCUT2D eigenvalue weighted by molar-refractivity contribution is 7.80. The Labute approximate surface area is 113 Å². The highest BCUT2D eigenvalue weighted by atomic mass is 32.1. The summed E-state index contributed by atoms with van der Waals surface area (Å²) in [5, 5.41) is 0. The van der Waals surface area contributed by atoms with Gasteiger partial charge in [0.2, 0.25) is 0 Å². The van der Waals surface area contributed by atoms with E-state index in [0.29, 0.717) is 10.9 Å². The molecule has 18 heavy (non-hydrogen) atoms. The SMILES string of the molecule is Cc1cccc2nc(C(C)C)c(C(C)C(N)=S)n12. The van der Waals surface area contributed by atoms with E-state index in [1.54, 1.807) is 0 Å². The van der Waals surface area contributed by atoms with Crippen LogP contribution in [0.2, 0.25) is 0 Å². The summed E-state index contributed by atoms with van der Waals surface area (Å²) in [6.07, 6.45) is 0. The van der Waals surface area contributed by atoms with E-state index < -0.39 is 0 Å². The second kappa shape index (κ2) is 4.69. The van der Waals surface area contributed by atoms with Crippen LogP contribution in [0.25, 0.3) is 5.65 Å². The van der Waals surface area contributed by atoms with Crippen LogP contribution in [0.15, 0.2) is 18.2 Å². The van der Waals surface area contributed by atoms with Gasteiger partial charge in [0.05, 0.1) is 16.4 Å². The third-order valence-electron chi connectivity index (χ3n) is 3.29. The fourth-order valence-corrected chi connectivity index (χ4v) is 2.39. The van der Waals surface area contributed by atoms with Crippen molar-refractivity contribution in [3.8, 4) is 0 Å². The molecule has 1 atom stereocenters. The van der Waals surface area contributed by atoms with Crippen molar-refractivity contribution in [1.29, 1.82) is 0 Å². The molecule has 0 aliphatic carbocycles. The summed E-state index contributed by atoms with van der Waals surface area (Å²) in [5.41, 5.74) is 10.2. The van der Waals surface area contributed by atoms with Crippen LogP contribution in [-0.4, -0.2) is 14.4 Å². The van der Waals surface area contributed by atoms with Crippen molar-refractivity contribution in [2.75, 3.05) is 0 Å². The standard InChI is InChI=1S/C14H19N3S/c1-8(2)12-13(10(4)14(15)18)17-9(3)6-5-7-11(17)16-12/h5-8,10H,1-4H3,(H2,15,18). The smallest absolute Gasteiger partial charge is 0.137 e. The van der Waals surface area contributed by atoms with Gasteiger partial charge in [0, 0.05) is 11.6 Å². The zero-order chi connectivity index (χ0) is 13.4. The van der Waals surface area contributed by atoms with Gasteiger partial charge >= 0.3 is 0 Å². The molecular formula is C14H19N3S. The van der Waals surface area contributed by atoms with Gasteiger partial charge in [0.15, 0.2) is 0 Å². The van der Waals surface area contributed by atoms with Gasteiger partial charge in [-0.3, -0.25) is 0 Å². The molecule has 2 aromatic rings. The number of nitrogens with zero attached hydrogens (tertiary/aromatic N) is 2. The lowest BCUT2D eigenvalue weighted by molar-refractivity contribution is 0.788. The van der Waals surface area contributed by atoms with Crippen LogP contribution in [0.4, 0.5) is 0 Å². The molecule has 2 N–H and O–H groups in total. The van der Waals surface area contributed by atoms with E-state index in [-0.39, 0.29) is 5.92 Å². The highest BCUT2D eigenvalue weighted by Crippen LogP contribution is 2.28. The molecule has 1 unspecified atom stereocenters. The lowest BCUT2D eigenvalue weighted by Gasteiger charge is -2.15. The number of imidazole rings is 1. The van der Waals surface area contributed by atoms with Crippen LogP contribution >= 0.6 is 12.2 Å². The molecule has 0 radical (unpaired) electrons. The Morgan fingerprint density at radius 1 is 1.33 bits per heavy atom.